The summed E-state index contributed by atoms with van der Waals surface area (Å²) < 4.78 is 0. The molecule has 0 aromatic heterocycles. The minimum Gasteiger partial charge on any atom is -0.481 e. The summed E-state index contributed by atoms with van der Waals surface area (Å²) in [5, 5.41) is 8.48. The summed E-state index contributed by atoms with van der Waals surface area (Å²) in [5.74, 6) is 1.55. The first kappa shape index (κ1) is 6.20. The maximum absolute atomic E-state index is 10.3. The van der Waals surface area contributed by atoms with Crippen LogP contribution in [0.3, 0.4) is 0 Å². The maximum atomic E-state index is 10.3. The van der Waals surface area contributed by atoms with E-state index in [9.17, 15) is 4.79 Å². The molecule has 3 atom stereocenters. The highest BCUT2D eigenvalue weighted by Gasteiger charge is 2.52. The molecule has 56 valence electrons. The van der Waals surface area contributed by atoms with Gasteiger partial charge >= 0.3 is 5.97 Å². The number of aliphatic carboxylic acids is 1. The van der Waals surface area contributed by atoms with Crippen molar-refractivity contribution in [1.29, 1.82) is 0 Å². The molecule has 10 heavy (non-hydrogen) atoms. The van der Waals surface area contributed by atoms with Crippen LogP contribution in [-0.4, -0.2) is 11.1 Å². The summed E-state index contributed by atoms with van der Waals surface area (Å²) >= 11 is 0. The van der Waals surface area contributed by atoms with Crippen LogP contribution in [0, 0.1) is 17.8 Å². The molecule has 0 saturated heterocycles. The zero-order valence-corrected chi connectivity index (χ0v) is 5.92. The first-order chi connectivity index (χ1) is 4.79. The third-order valence-electron chi connectivity index (χ3n) is 2.99. The fraction of sp³-hybridized carbons (Fsp3) is 0.875. The van der Waals surface area contributed by atoms with E-state index in [1.807, 2.05) is 0 Å². The predicted molar refractivity (Wildman–Crippen MR) is 36.6 cm³/mol. The SMILES string of the molecule is O=C(O)CC1[C@H]2CCC[C@@H]12. The number of carboxylic acid groups (broad SMARTS) is 1. The van der Waals surface area contributed by atoms with Gasteiger partial charge in [-0.2, -0.15) is 0 Å². The molecule has 0 bridgehead atoms. The Bertz CT molecular complexity index is 155. The average molecular weight is 140 g/mol. The summed E-state index contributed by atoms with van der Waals surface area (Å²) in [4.78, 5) is 10.3. The molecule has 2 saturated carbocycles. The Balaban J connectivity index is 1.84. The Morgan fingerprint density at radius 3 is 2.50 bits per heavy atom. The van der Waals surface area contributed by atoms with E-state index in [0.717, 1.165) is 11.8 Å². The molecule has 2 rings (SSSR count). The summed E-state index contributed by atoms with van der Waals surface area (Å²) in [6.07, 6.45) is 4.35. The fourth-order valence-corrected chi connectivity index (χ4v) is 2.47. The summed E-state index contributed by atoms with van der Waals surface area (Å²) in [6, 6.07) is 0. The monoisotopic (exact) mass is 140 g/mol. The van der Waals surface area contributed by atoms with Gasteiger partial charge in [-0.05, 0) is 30.6 Å². The van der Waals surface area contributed by atoms with Gasteiger partial charge in [0.25, 0.3) is 0 Å². The second-order valence-electron chi connectivity index (χ2n) is 3.52. The lowest BCUT2D eigenvalue weighted by Gasteiger charge is -1.96. The van der Waals surface area contributed by atoms with Crippen LogP contribution in [0.15, 0.2) is 0 Å². The van der Waals surface area contributed by atoms with Crippen molar-refractivity contribution in [1.82, 2.24) is 0 Å². The lowest BCUT2D eigenvalue weighted by molar-refractivity contribution is -0.137. The molecule has 0 aromatic rings. The first-order valence-electron chi connectivity index (χ1n) is 4.01. The van der Waals surface area contributed by atoms with Crippen molar-refractivity contribution in [2.45, 2.75) is 25.7 Å². The third kappa shape index (κ3) is 0.825. The van der Waals surface area contributed by atoms with Crippen molar-refractivity contribution < 1.29 is 9.90 Å². The summed E-state index contributed by atoms with van der Waals surface area (Å²) in [5.41, 5.74) is 0. The largest absolute Gasteiger partial charge is 0.481 e. The van der Waals surface area contributed by atoms with Gasteiger partial charge in [0.2, 0.25) is 0 Å². The minimum atomic E-state index is -0.612. The highest BCUT2D eigenvalue weighted by Crippen LogP contribution is 2.58. The second kappa shape index (κ2) is 1.97. The standard InChI is InChI=1S/C8H12O2/c9-8(10)4-7-5-2-1-3-6(5)7/h5-7H,1-4H2,(H,9,10)/t5-,6+,7?. The van der Waals surface area contributed by atoms with Crippen molar-refractivity contribution in [2.24, 2.45) is 17.8 Å². The Hall–Kier alpha value is -0.530. The molecule has 2 aliphatic carbocycles. The Morgan fingerprint density at radius 1 is 1.40 bits per heavy atom. The topological polar surface area (TPSA) is 37.3 Å². The normalized spacial score (nSPS) is 43.0. The molecule has 2 nitrogen and oxygen atoms in total. The number of fused-ring (bicyclic) bond motifs is 1. The number of hydrogen-bond acceptors (Lipinski definition) is 1. The van der Waals surface area contributed by atoms with E-state index >= 15 is 0 Å². The quantitative estimate of drug-likeness (QED) is 0.631. The lowest BCUT2D eigenvalue weighted by atomic mass is 10.1. The molecule has 0 amide bonds. The molecule has 2 heteroatoms. The van der Waals surface area contributed by atoms with Crippen molar-refractivity contribution in [3.8, 4) is 0 Å². The molecule has 0 radical (unpaired) electrons. The van der Waals surface area contributed by atoms with Crippen LogP contribution in [0.5, 0.6) is 0 Å². The van der Waals surface area contributed by atoms with Crippen LogP contribution in [0.1, 0.15) is 25.7 Å². The van der Waals surface area contributed by atoms with Crippen LogP contribution < -0.4 is 0 Å². The summed E-state index contributed by atoms with van der Waals surface area (Å²) in [7, 11) is 0. The second-order valence-corrected chi connectivity index (χ2v) is 3.52. The molecule has 0 aromatic carbocycles. The van der Waals surface area contributed by atoms with Crippen LogP contribution in [0.4, 0.5) is 0 Å². The van der Waals surface area contributed by atoms with Crippen molar-refractivity contribution >= 4 is 5.97 Å². The van der Waals surface area contributed by atoms with Gasteiger partial charge in [-0.3, -0.25) is 4.79 Å². The van der Waals surface area contributed by atoms with Gasteiger partial charge in [0.1, 0.15) is 0 Å². The van der Waals surface area contributed by atoms with E-state index in [2.05, 4.69) is 0 Å². The Morgan fingerprint density at radius 2 is 2.00 bits per heavy atom. The molecular weight excluding hydrogens is 128 g/mol. The molecule has 1 N–H and O–H groups in total. The van der Waals surface area contributed by atoms with Crippen molar-refractivity contribution in [3.63, 3.8) is 0 Å². The van der Waals surface area contributed by atoms with E-state index in [1.54, 1.807) is 0 Å². The van der Waals surface area contributed by atoms with E-state index in [1.165, 1.54) is 19.3 Å². The fourth-order valence-electron chi connectivity index (χ4n) is 2.47. The van der Waals surface area contributed by atoms with Gasteiger partial charge in [0.15, 0.2) is 0 Å². The lowest BCUT2D eigenvalue weighted by Crippen LogP contribution is -1.99. The van der Waals surface area contributed by atoms with Gasteiger partial charge in [0, 0.05) is 6.42 Å². The van der Waals surface area contributed by atoms with Crippen molar-refractivity contribution in [2.75, 3.05) is 0 Å². The molecule has 2 fully saturated rings. The van der Waals surface area contributed by atoms with Gasteiger partial charge < -0.3 is 5.11 Å². The van der Waals surface area contributed by atoms with Gasteiger partial charge in [-0.25, -0.2) is 0 Å². The van der Waals surface area contributed by atoms with Crippen molar-refractivity contribution in [3.05, 3.63) is 0 Å². The predicted octanol–water partition coefficient (Wildman–Crippen LogP) is 1.51. The zero-order chi connectivity index (χ0) is 7.14. The van der Waals surface area contributed by atoms with Gasteiger partial charge in [0.05, 0.1) is 0 Å². The first-order valence-corrected chi connectivity index (χ1v) is 4.01. The average Bonchev–Trinajstić information content (AvgIpc) is 2.40. The van der Waals surface area contributed by atoms with Crippen LogP contribution in [0.25, 0.3) is 0 Å². The Kier molecular flexibility index (Phi) is 1.22. The highest BCUT2D eigenvalue weighted by molar-refractivity contribution is 5.67. The molecule has 2 aliphatic rings. The highest BCUT2D eigenvalue weighted by atomic mass is 16.4. The smallest absolute Gasteiger partial charge is 0.303 e. The van der Waals surface area contributed by atoms with Crippen LogP contribution in [0.2, 0.25) is 0 Å². The number of carbonyl (C=O) groups is 1. The van der Waals surface area contributed by atoms with E-state index in [4.69, 9.17) is 5.11 Å². The number of carboxylic acids is 1. The van der Waals surface area contributed by atoms with Crippen LogP contribution >= 0.6 is 0 Å². The molecule has 0 heterocycles. The van der Waals surface area contributed by atoms with E-state index in [0.29, 0.717) is 12.3 Å². The number of rotatable bonds is 2. The van der Waals surface area contributed by atoms with Gasteiger partial charge in [-0.15, -0.1) is 0 Å². The minimum absolute atomic E-state index is 0.426. The molecule has 1 unspecified atom stereocenters. The summed E-state index contributed by atoms with van der Waals surface area (Å²) in [6.45, 7) is 0. The van der Waals surface area contributed by atoms with Gasteiger partial charge in [-0.1, -0.05) is 6.42 Å². The van der Waals surface area contributed by atoms with E-state index < -0.39 is 5.97 Å². The van der Waals surface area contributed by atoms with Crippen LogP contribution in [-0.2, 0) is 4.79 Å². The third-order valence-corrected chi connectivity index (χ3v) is 2.99. The molecule has 0 aliphatic heterocycles. The number of hydrogen-bond donors (Lipinski definition) is 1. The molecule has 0 spiro atoms. The maximum Gasteiger partial charge on any atom is 0.303 e. The Labute approximate surface area is 60.2 Å². The van der Waals surface area contributed by atoms with E-state index in [-0.39, 0.29) is 0 Å². The molecular formula is C8H12O2. The zero-order valence-electron chi connectivity index (χ0n) is 5.92.